The highest BCUT2D eigenvalue weighted by Gasteiger charge is 2.35. The Kier molecular flexibility index (Phi) is 6.01. The minimum absolute atomic E-state index is 0.0588. The van der Waals surface area contributed by atoms with Gasteiger partial charge >= 0.3 is 12.2 Å². The Labute approximate surface area is 179 Å². The highest BCUT2D eigenvalue weighted by atomic mass is 19.4. The number of nitrogens with one attached hydrogen (secondary N) is 1. The summed E-state index contributed by atoms with van der Waals surface area (Å²) in [5, 5.41) is 14.7. The number of carbonyl (C=O) groups is 2. The number of aromatic nitrogens is 2. The largest absolute Gasteiger partial charge is 0.478 e. The average molecular weight is 444 g/mol. The maximum absolute atomic E-state index is 13.9. The van der Waals surface area contributed by atoms with Gasteiger partial charge in [-0.2, -0.15) is 23.5 Å². The lowest BCUT2D eigenvalue weighted by Crippen LogP contribution is -2.22. The number of rotatable bonds is 6. The van der Waals surface area contributed by atoms with Crippen molar-refractivity contribution in [3.8, 4) is 28.6 Å². The number of alkyl halides is 3. The van der Waals surface area contributed by atoms with Gasteiger partial charge in [-0.25, -0.2) is 9.48 Å². The van der Waals surface area contributed by atoms with Gasteiger partial charge < -0.3 is 21.5 Å². The first-order valence-electron chi connectivity index (χ1n) is 8.88. The van der Waals surface area contributed by atoms with Crippen molar-refractivity contribution < 1.29 is 27.5 Å². The molecule has 0 saturated heterocycles. The molecule has 3 aromatic rings. The Hall–Kier alpha value is -4.53. The molecule has 3 rings (SSSR count). The Balaban J connectivity index is 2.15. The molecule has 0 spiro atoms. The molecular weight excluding hydrogens is 429 g/mol. The lowest BCUT2D eigenvalue weighted by Gasteiger charge is -2.17. The summed E-state index contributed by atoms with van der Waals surface area (Å²) in [7, 11) is 0. The van der Waals surface area contributed by atoms with Crippen molar-refractivity contribution >= 4 is 17.6 Å². The van der Waals surface area contributed by atoms with Crippen molar-refractivity contribution in [1.82, 2.24) is 9.78 Å². The van der Waals surface area contributed by atoms with Crippen molar-refractivity contribution in [2.75, 3.05) is 11.9 Å². The predicted octanol–water partition coefficient (Wildman–Crippen LogP) is 3.05. The second-order valence-electron chi connectivity index (χ2n) is 6.36. The van der Waals surface area contributed by atoms with Crippen LogP contribution >= 0.6 is 0 Å². The number of amides is 3. The molecule has 5 N–H and O–H groups in total. The molecule has 1 aromatic heterocycles. The summed E-state index contributed by atoms with van der Waals surface area (Å²) in [6, 6.07) is 10.1. The number of benzene rings is 2. The van der Waals surface area contributed by atoms with Crippen LogP contribution in [0.1, 0.15) is 16.1 Å². The van der Waals surface area contributed by atoms with Crippen molar-refractivity contribution in [3.05, 3.63) is 59.9 Å². The quantitative estimate of drug-likeness (QED) is 0.534. The zero-order chi connectivity index (χ0) is 23.5. The van der Waals surface area contributed by atoms with E-state index >= 15 is 0 Å². The van der Waals surface area contributed by atoms with Crippen LogP contribution in [0.25, 0.3) is 16.8 Å². The molecule has 0 unspecified atom stereocenters. The number of hydrogen-bond donors (Lipinski definition) is 3. The number of primary amides is 2. The third-order valence-corrected chi connectivity index (χ3v) is 4.25. The van der Waals surface area contributed by atoms with Crippen LogP contribution in [0.5, 0.6) is 5.75 Å². The van der Waals surface area contributed by atoms with Crippen LogP contribution in [0.2, 0.25) is 0 Å². The molecule has 0 fully saturated rings. The summed E-state index contributed by atoms with van der Waals surface area (Å²) in [5.74, 6) is -0.904. The topological polar surface area (TPSA) is 149 Å². The number of para-hydroxylation sites is 1. The second-order valence-corrected chi connectivity index (χ2v) is 6.36. The van der Waals surface area contributed by atoms with Crippen LogP contribution < -0.4 is 21.5 Å². The van der Waals surface area contributed by atoms with E-state index < -0.39 is 23.7 Å². The summed E-state index contributed by atoms with van der Waals surface area (Å²) in [6.45, 7) is -0.338. The van der Waals surface area contributed by atoms with E-state index in [1.54, 1.807) is 12.1 Å². The Morgan fingerprint density at radius 1 is 1.16 bits per heavy atom. The SMILES string of the molecule is N#CCOc1ccccc1-c1ccc(-n2cc(NC(N)=O)c(C(N)=O)n2)cc1C(F)(F)F. The summed E-state index contributed by atoms with van der Waals surface area (Å²) in [5.41, 5.74) is 8.60. The van der Waals surface area contributed by atoms with Gasteiger partial charge in [0.15, 0.2) is 12.3 Å². The summed E-state index contributed by atoms with van der Waals surface area (Å²) < 4.78 is 48.0. The van der Waals surface area contributed by atoms with Crippen molar-refractivity contribution in [3.63, 3.8) is 0 Å². The molecule has 0 bridgehead atoms. The monoisotopic (exact) mass is 444 g/mol. The molecular formula is C20H15F3N6O3. The first-order valence-corrected chi connectivity index (χ1v) is 8.88. The van der Waals surface area contributed by atoms with Gasteiger partial charge in [-0.1, -0.05) is 24.3 Å². The average Bonchev–Trinajstić information content (AvgIpc) is 3.15. The first kappa shape index (κ1) is 22.2. The van der Waals surface area contributed by atoms with Crippen molar-refractivity contribution in [2.45, 2.75) is 6.18 Å². The normalized spacial score (nSPS) is 10.9. The molecule has 12 heteroatoms. The summed E-state index contributed by atoms with van der Waals surface area (Å²) >= 11 is 0. The number of nitrogens with two attached hydrogens (primary N) is 2. The van der Waals surface area contributed by atoms with E-state index in [1.807, 2.05) is 0 Å². The molecule has 0 aliphatic rings. The number of anilines is 1. The number of carbonyl (C=O) groups excluding carboxylic acids is 2. The number of hydrogen-bond acceptors (Lipinski definition) is 5. The van der Waals surface area contributed by atoms with Gasteiger partial charge in [-0.3, -0.25) is 4.79 Å². The maximum atomic E-state index is 13.9. The van der Waals surface area contributed by atoms with E-state index in [0.29, 0.717) is 0 Å². The van der Waals surface area contributed by atoms with Crippen LogP contribution in [-0.2, 0) is 6.18 Å². The van der Waals surface area contributed by atoms with Crippen LogP contribution in [0.15, 0.2) is 48.7 Å². The van der Waals surface area contributed by atoms with E-state index in [2.05, 4.69) is 10.4 Å². The van der Waals surface area contributed by atoms with E-state index in [4.69, 9.17) is 21.5 Å². The maximum Gasteiger partial charge on any atom is 0.417 e. The predicted molar refractivity (Wildman–Crippen MR) is 107 cm³/mol. The highest BCUT2D eigenvalue weighted by molar-refractivity contribution is 6.00. The number of nitrogens with zero attached hydrogens (tertiary/aromatic N) is 3. The third kappa shape index (κ3) is 4.62. The summed E-state index contributed by atoms with van der Waals surface area (Å²) in [6.07, 6.45) is -3.65. The molecule has 0 saturated carbocycles. The van der Waals surface area contributed by atoms with E-state index in [-0.39, 0.29) is 40.6 Å². The number of urea groups is 1. The van der Waals surface area contributed by atoms with Gasteiger partial charge in [-0.15, -0.1) is 0 Å². The van der Waals surface area contributed by atoms with Gasteiger partial charge in [0, 0.05) is 5.56 Å². The third-order valence-electron chi connectivity index (χ3n) is 4.25. The molecule has 164 valence electrons. The van der Waals surface area contributed by atoms with Gasteiger partial charge in [0.1, 0.15) is 11.8 Å². The van der Waals surface area contributed by atoms with Crippen LogP contribution in [0.4, 0.5) is 23.7 Å². The zero-order valence-electron chi connectivity index (χ0n) is 16.2. The number of ether oxygens (including phenoxy) is 1. The van der Waals surface area contributed by atoms with Gasteiger partial charge in [0.05, 0.1) is 23.1 Å². The number of halogens is 3. The molecule has 1 heterocycles. The Bertz CT molecular complexity index is 1230. The fraction of sp³-hybridized carbons (Fsp3) is 0.100. The Morgan fingerprint density at radius 3 is 2.50 bits per heavy atom. The highest BCUT2D eigenvalue weighted by Crippen LogP contribution is 2.41. The molecule has 2 aromatic carbocycles. The van der Waals surface area contributed by atoms with Crippen molar-refractivity contribution in [2.24, 2.45) is 11.5 Å². The summed E-state index contributed by atoms with van der Waals surface area (Å²) in [4.78, 5) is 22.7. The van der Waals surface area contributed by atoms with Crippen LogP contribution in [0, 0.1) is 11.3 Å². The molecule has 3 amide bonds. The van der Waals surface area contributed by atoms with Crippen LogP contribution in [-0.4, -0.2) is 28.3 Å². The first-order chi connectivity index (χ1) is 15.1. The number of nitriles is 1. The molecule has 0 radical (unpaired) electrons. The molecule has 32 heavy (non-hydrogen) atoms. The molecule has 0 aliphatic heterocycles. The van der Waals surface area contributed by atoms with E-state index in [9.17, 15) is 22.8 Å². The minimum Gasteiger partial charge on any atom is -0.478 e. The van der Waals surface area contributed by atoms with Gasteiger partial charge in [0.25, 0.3) is 5.91 Å². The van der Waals surface area contributed by atoms with E-state index in [0.717, 1.165) is 16.9 Å². The lowest BCUT2D eigenvalue weighted by atomic mass is 9.97. The zero-order valence-corrected chi connectivity index (χ0v) is 16.2. The minimum atomic E-state index is -4.76. The lowest BCUT2D eigenvalue weighted by molar-refractivity contribution is -0.137. The Morgan fingerprint density at radius 2 is 1.88 bits per heavy atom. The second kappa shape index (κ2) is 8.68. The molecule has 9 nitrogen and oxygen atoms in total. The van der Waals surface area contributed by atoms with Gasteiger partial charge in [0.2, 0.25) is 0 Å². The van der Waals surface area contributed by atoms with Crippen LogP contribution in [0.3, 0.4) is 0 Å². The smallest absolute Gasteiger partial charge is 0.417 e. The van der Waals surface area contributed by atoms with Gasteiger partial charge in [-0.05, 0) is 23.8 Å². The standard InChI is InChI=1S/C20H15F3N6O3/c21-20(22,23)14-9-11(29-10-15(27-19(26)31)17(28-29)18(25)30)5-6-12(14)13-3-1-2-4-16(13)32-8-7-24/h1-6,9-10H,8H2,(H2,25,30)(H3,26,27,31). The van der Waals surface area contributed by atoms with Crippen molar-refractivity contribution in [1.29, 1.82) is 5.26 Å². The molecule has 0 aliphatic carbocycles. The fourth-order valence-corrected chi connectivity index (χ4v) is 2.98. The fourth-order valence-electron chi connectivity index (χ4n) is 2.98. The molecule has 0 atom stereocenters. The van der Waals surface area contributed by atoms with E-state index in [1.165, 1.54) is 30.3 Å².